The second-order valence-electron chi connectivity index (χ2n) is 2.10. The average Bonchev–Trinajstić information content (AvgIpc) is 2.03. The summed E-state index contributed by atoms with van der Waals surface area (Å²) in [6, 6.07) is 0. The summed E-state index contributed by atoms with van der Waals surface area (Å²) in [5, 5.41) is 0.321. The molecule has 0 aromatic rings. The van der Waals surface area contributed by atoms with E-state index in [1.165, 1.54) is 12.1 Å². The van der Waals surface area contributed by atoms with Gasteiger partial charge in [-0.3, -0.25) is 4.72 Å². The van der Waals surface area contributed by atoms with Gasteiger partial charge in [0.05, 0.1) is 13.2 Å². The maximum Gasteiger partial charge on any atom is 0.174 e. The lowest BCUT2D eigenvalue weighted by atomic mass is 10.5. The fourth-order valence-corrected chi connectivity index (χ4v) is 1.41. The van der Waals surface area contributed by atoms with Crippen molar-refractivity contribution in [3.8, 4) is 0 Å². The molecule has 4 nitrogen and oxygen atoms in total. The highest BCUT2D eigenvalue weighted by Gasteiger charge is 2.10. The number of hydrogen-bond donors (Lipinski definition) is 2. The van der Waals surface area contributed by atoms with Crippen LogP contribution in [-0.4, -0.2) is 35.7 Å². The summed E-state index contributed by atoms with van der Waals surface area (Å²) in [4.78, 5) is 0. The quantitative estimate of drug-likeness (QED) is 0.464. The predicted octanol–water partition coefficient (Wildman–Crippen LogP) is -0.285. The van der Waals surface area contributed by atoms with Gasteiger partial charge in [-0.25, -0.2) is 4.31 Å². The van der Waals surface area contributed by atoms with Crippen LogP contribution in [0, 0.1) is 0 Å². The molecule has 1 aliphatic rings. The molecule has 0 unspecified atom stereocenters. The number of thiocarbonyl (C=S) groups is 1. The smallest absolute Gasteiger partial charge is 0.174 e. The van der Waals surface area contributed by atoms with Gasteiger partial charge in [-0.2, -0.15) is 0 Å². The Morgan fingerprint density at radius 1 is 1.55 bits per heavy atom. The van der Waals surface area contributed by atoms with Crippen molar-refractivity contribution in [1.82, 2.24) is 9.03 Å². The van der Waals surface area contributed by atoms with Crippen LogP contribution in [-0.2, 0) is 4.74 Å². The van der Waals surface area contributed by atoms with Gasteiger partial charge in [0, 0.05) is 25.2 Å². The van der Waals surface area contributed by atoms with Crippen LogP contribution in [0.1, 0.15) is 0 Å². The minimum atomic E-state index is 0.321. The van der Waals surface area contributed by atoms with Gasteiger partial charge in [-0.1, -0.05) is 0 Å². The number of ether oxygens (including phenoxy) is 1. The standard InChI is InChI=1S/C5H11N3OS2/c6-5(10)7-11-8-1-3-9-4-2-8/h1-4H2,(H3,6,7,10). The van der Waals surface area contributed by atoms with E-state index >= 15 is 0 Å². The first kappa shape index (κ1) is 9.05. The summed E-state index contributed by atoms with van der Waals surface area (Å²) in [5.74, 6) is 0. The van der Waals surface area contributed by atoms with Crippen LogP contribution >= 0.6 is 24.4 Å². The van der Waals surface area contributed by atoms with Gasteiger partial charge in [0.15, 0.2) is 5.11 Å². The van der Waals surface area contributed by atoms with Crippen molar-refractivity contribution < 1.29 is 4.74 Å². The topological polar surface area (TPSA) is 50.5 Å². The van der Waals surface area contributed by atoms with Crippen molar-refractivity contribution in [1.29, 1.82) is 0 Å². The number of nitrogens with zero attached hydrogens (tertiary/aromatic N) is 1. The monoisotopic (exact) mass is 193 g/mol. The molecule has 1 saturated heterocycles. The number of hydrogen-bond acceptors (Lipinski definition) is 4. The Bertz CT molecular complexity index is 138. The molecular weight excluding hydrogens is 182 g/mol. The third-order valence-electron chi connectivity index (χ3n) is 1.25. The molecule has 3 N–H and O–H groups in total. The molecule has 64 valence electrons. The Morgan fingerprint density at radius 3 is 2.73 bits per heavy atom. The molecule has 1 aliphatic heterocycles. The number of rotatable bonds is 2. The normalized spacial score (nSPS) is 19.6. The summed E-state index contributed by atoms with van der Waals surface area (Å²) in [6.45, 7) is 3.40. The summed E-state index contributed by atoms with van der Waals surface area (Å²) in [6.07, 6.45) is 0. The van der Waals surface area contributed by atoms with E-state index in [9.17, 15) is 0 Å². The Morgan fingerprint density at radius 2 is 2.18 bits per heavy atom. The van der Waals surface area contributed by atoms with E-state index in [-0.39, 0.29) is 0 Å². The van der Waals surface area contributed by atoms with E-state index in [4.69, 9.17) is 10.5 Å². The van der Waals surface area contributed by atoms with E-state index in [1.54, 1.807) is 0 Å². The Hall–Kier alpha value is -0.0400. The number of nitrogens with one attached hydrogen (secondary N) is 1. The molecule has 0 aliphatic carbocycles. The first-order chi connectivity index (χ1) is 5.29. The molecule has 6 heteroatoms. The third-order valence-corrected chi connectivity index (χ3v) is 2.41. The van der Waals surface area contributed by atoms with Gasteiger partial charge >= 0.3 is 0 Å². The zero-order chi connectivity index (χ0) is 8.10. The van der Waals surface area contributed by atoms with Crippen LogP contribution in [0.3, 0.4) is 0 Å². The fourth-order valence-electron chi connectivity index (χ4n) is 0.747. The molecule has 11 heavy (non-hydrogen) atoms. The summed E-state index contributed by atoms with van der Waals surface area (Å²) < 4.78 is 10.1. The van der Waals surface area contributed by atoms with Crippen LogP contribution < -0.4 is 10.5 Å². The van der Waals surface area contributed by atoms with E-state index in [1.807, 2.05) is 0 Å². The molecule has 0 bridgehead atoms. The lowest BCUT2D eigenvalue weighted by Gasteiger charge is -2.24. The molecule has 0 aromatic heterocycles. The highest BCUT2D eigenvalue weighted by Crippen LogP contribution is 2.07. The van der Waals surface area contributed by atoms with Crippen LogP contribution in [0.4, 0.5) is 0 Å². The van der Waals surface area contributed by atoms with Gasteiger partial charge < -0.3 is 10.5 Å². The molecular formula is C5H11N3OS2. The summed E-state index contributed by atoms with van der Waals surface area (Å²) in [5.41, 5.74) is 5.25. The van der Waals surface area contributed by atoms with Crippen LogP contribution in [0.25, 0.3) is 0 Å². The molecule has 1 heterocycles. The Kier molecular flexibility index (Phi) is 3.92. The van der Waals surface area contributed by atoms with E-state index < -0.39 is 0 Å². The Balaban J connectivity index is 2.09. The highest BCUT2D eigenvalue weighted by atomic mass is 32.2. The second kappa shape index (κ2) is 4.76. The fraction of sp³-hybridized carbons (Fsp3) is 0.800. The minimum Gasteiger partial charge on any atom is -0.379 e. The van der Waals surface area contributed by atoms with Crippen molar-refractivity contribution in [2.45, 2.75) is 0 Å². The van der Waals surface area contributed by atoms with E-state index in [0.29, 0.717) is 5.11 Å². The Labute approximate surface area is 75.7 Å². The molecule has 1 fully saturated rings. The summed E-state index contributed by atoms with van der Waals surface area (Å²) in [7, 11) is 0. The largest absolute Gasteiger partial charge is 0.379 e. The number of nitrogens with two attached hydrogens (primary N) is 1. The van der Waals surface area contributed by atoms with Crippen molar-refractivity contribution in [3.05, 3.63) is 0 Å². The van der Waals surface area contributed by atoms with E-state index in [0.717, 1.165) is 26.3 Å². The van der Waals surface area contributed by atoms with E-state index in [2.05, 4.69) is 21.2 Å². The molecule has 1 rings (SSSR count). The highest BCUT2D eigenvalue weighted by molar-refractivity contribution is 7.96. The molecule has 0 saturated carbocycles. The maximum absolute atomic E-state index is 5.25. The average molecular weight is 193 g/mol. The molecule has 0 amide bonds. The van der Waals surface area contributed by atoms with Crippen LogP contribution in [0.2, 0.25) is 0 Å². The van der Waals surface area contributed by atoms with Gasteiger partial charge in [-0.15, -0.1) is 0 Å². The number of morpholine rings is 1. The van der Waals surface area contributed by atoms with Crippen LogP contribution in [0.5, 0.6) is 0 Å². The van der Waals surface area contributed by atoms with Gasteiger partial charge in [0.25, 0.3) is 0 Å². The minimum absolute atomic E-state index is 0.321. The maximum atomic E-state index is 5.25. The van der Waals surface area contributed by atoms with Crippen LogP contribution in [0.15, 0.2) is 0 Å². The van der Waals surface area contributed by atoms with Gasteiger partial charge in [0.1, 0.15) is 0 Å². The summed E-state index contributed by atoms with van der Waals surface area (Å²) >= 11 is 6.09. The van der Waals surface area contributed by atoms with Gasteiger partial charge in [0.2, 0.25) is 0 Å². The molecule has 0 aromatic carbocycles. The lowest BCUT2D eigenvalue weighted by molar-refractivity contribution is 0.0772. The van der Waals surface area contributed by atoms with Crippen molar-refractivity contribution in [2.24, 2.45) is 5.73 Å². The zero-order valence-corrected chi connectivity index (χ0v) is 7.71. The van der Waals surface area contributed by atoms with Crippen molar-refractivity contribution in [3.63, 3.8) is 0 Å². The first-order valence-electron chi connectivity index (χ1n) is 3.34. The molecule has 0 atom stereocenters. The van der Waals surface area contributed by atoms with Crippen molar-refractivity contribution in [2.75, 3.05) is 26.3 Å². The zero-order valence-electron chi connectivity index (χ0n) is 6.08. The first-order valence-corrected chi connectivity index (χ1v) is 4.52. The van der Waals surface area contributed by atoms with Crippen molar-refractivity contribution >= 4 is 29.5 Å². The predicted molar refractivity (Wildman–Crippen MR) is 49.9 cm³/mol. The second-order valence-corrected chi connectivity index (χ2v) is 3.44. The SMILES string of the molecule is NC(=S)NSN1CCOCC1. The third kappa shape index (κ3) is 3.76. The molecule has 0 radical (unpaired) electrons. The van der Waals surface area contributed by atoms with Gasteiger partial charge in [-0.05, 0) is 12.2 Å². The molecule has 0 spiro atoms. The lowest BCUT2D eigenvalue weighted by Crippen LogP contribution is -2.35.